The quantitative estimate of drug-likeness (QED) is 0.237. The predicted octanol–water partition coefficient (Wildman–Crippen LogP) is 5.79. The van der Waals surface area contributed by atoms with Gasteiger partial charge in [-0.3, -0.25) is 13.9 Å². The molecule has 43 heavy (non-hydrogen) atoms. The number of methoxy groups -OCH3 is 2. The van der Waals surface area contributed by atoms with Crippen molar-refractivity contribution in [1.29, 1.82) is 0 Å². The lowest BCUT2D eigenvalue weighted by atomic mass is 10.1. The van der Waals surface area contributed by atoms with E-state index in [1.165, 1.54) is 43.4 Å². The lowest BCUT2D eigenvalue weighted by molar-refractivity contribution is -0.140. The molecule has 0 spiro atoms. The number of anilines is 1. The molecular formula is C31H37Cl2N3O6S. The molecule has 1 atom stereocenters. The van der Waals surface area contributed by atoms with Gasteiger partial charge in [0.1, 0.15) is 12.6 Å². The van der Waals surface area contributed by atoms with E-state index in [-0.39, 0.29) is 41.1 Å². The average molecular weight is 651 g/mol. The molecule has 0 aromatic heterocycles. The van der Waals surface area contributed by atoms with Gasteiger partial charge in [0.15, 0.2) is 11.5 Å². The molecule has 2 amide bonds. The van der Waals surface area contributed by atoms with Gasteiger partial charge < -0.3 is 19.7 Å². The molecule has 0 saturated carbocycles. The summed E-state index contributed by atoms with van der Waals surface area (Å²) in [6.07, 6.45) is 0.263. The molecule has 0 heterocycles. The van der Waals surface area contributed by atoms with Crippen molar-refractivity contribution in [2.24, 2.45) is 5.92 Å². The Kier molecular flexibility index (Phi) is 12.1. The van der Waals surface area contributed by atoms with Crippen LogP contribution in [0.15, 0.2) is 71.6 Å². The third kappa shape index (κ3) is 8.34. The second-order valence-corrected chi connectivity index (χ2v) is 12.8. The number of hydrogen-bond donors (Lipinski definition) is 1. The molecule has 0 saturated heterocycles. The Labute approximate surface area is 263 Å². The summed E-state index contributed by atoms with van der Waals surface area (Å²) < 4.78 is 39.8. The van der Waals surface area contributed by atoms with Crippen LogP contribution in [0.3, 0.4) is 0 Å². The minimum atomic E-state index is -4.25. The topological polar surface area (TPSA) is 105 Å². The molecular weight excluding hydrogens is 613 g/mol. The van der Waals surface area contributed by atoms with Crippen LogP contribution < -0.4 is 19.1 Å². The van der Waals surface area contributed by atoms with Crippen molar-refractivity contribution < 1.29 is 27.5 Å². The van der Waals surface area contributed by atoms with E-state index in [2.05, 4.69) is 5.32 Å². The van der Waals surface area contributed by atoms with Gasteiger partial charge in [-0.05, 0) is 48.7 Å². The normalized spacial score (nSPS) is 12.0. The standard InChI is InChI=1S/C31H37Cl2N3O6S/c1-6-27(31(38)34-18-21(2)3)35(19-24-25(32)13-10-14-26(24)33)30(37)20-36(43(39,40)23-11-8-7-9-12-23)22-15-16-28(41-4)29(17-22)42-5/h7-17,21,27H,6,18-20H2,1-5H3,(H,34,38). The molecule has 0 aliphatic rings. The highest BCUT2D eigenvalue weighted by atomic mass is 35.5. The van der Waals surface area contributed by atoms with Crippen LogP contribution in [-0.4, -0.2) is 58.5 Å². The molecule has 3 aromatic carbocycles. The maximum absolute atomic E-state index is 14.3. The van der Waals surface area contributed by atoms with Crippen LogP contribution in [0.5, 0.6) is 11.5 Å². The van der Waals surface area contributed by atoms with Crippen molar-refractivity contribution in [3.8, 4) is 11.5 Å². The fourth-order valence-electron chi connectivity index (χ4n) is 4.42. The molecule has 1 N–H and O–H groups in total. The fourth-order valence-corrected chi connectivity index (χ4v) is 6.37. The van der Waals surface area contributed by atoms with E-state index in [9.17, 15) is 18.0 Å². The maximum Gasteiger partial charge on any atom is 0.264 e. The van der Waals surface area contributed by atoms with Gasteiger partial charge in [-0.15, -0.1) is 0 Å². The Bertz CT molecular complexity index is 1500. The highest BCUT2D eigenvalue weighted by Crippen LogP contribution is 2.34. The molecule has 0 aliphatic heterocycles. The molecule has 3 rings (SSSR count). The summed E-state index contributed by atoms with van der Waals surface area (Å²) in [5, 5.41) is 3.52. The first kappa shape index (κ1) is 34.0. The molecule has 9 nitrogen and oxygen atoms in total. The average Bonchev–Trinajstić information content (AvgIpc) is 2.99. The summed E-state index contributed by atoms with van der Waals surface area (Å²) in [6.45, 7) is 5.37. The summed E-state index contributed by atoms with van der Waals surface area (Å²) >= 11 is 12.9. The van der Waals surface area contributed by atoms with Crippen molar-refractivity contribution in [3.63, 3.8) is 0 Å². The zero-order valence-electron chi connectivity index (χ0n) is 24.8. The van der Waals surface area contributed by atoms with Crippen LogP contribution in [0.2, 0.25) is 10.0 Å². The third-order valence-electron chi connectivity index (χ3n) is 6.73. The van der Waals surface area contributed by atoms with Gasteiger partial charge in [0.2, 0.25) is 11.8 Å². The van der Waals surface area contributed by atoms with E-state index < -0.39 is 28.5 Å². The number of sulfonamides is 1. The van der Waals surface area contributed by atoms with Crippen LogP contribution in [0.4, 0.5) is 5.69 Å². The molecule has 12 heteroatoms. The smallest absolute Gasteiger partial charge is 0.264 e. The Morgan fingerprint density at radius 3 is 2.09 bits per heavy atom. The second-order valence-electron chi connectivity index (χ2n) is 10.1. The van der Waals surface area contributed by atoms with Crippen molar-refractivity contribution >= 4 is 50.7 Å². The second kappa shape index (κ2) is 15.3. The summed E-state index contributed by atoms with van der Waals surface area (Å²) in [5.41, 5.74) is 0.612. The van der Waals surface area contributed by atoms with Gasteiger partial charge in [0.05, 0.1) is 24.8 Å². The van der Waals surface area contributed by atoms with Gasteiger partial charge in [-0.25, -0.2) is 8.42 Å². The van der Waals surface area contributed by atoms with Crippen LogP contribution in [-0.2, 0) is 26.2 Å². The minimum absolute atomic E-state index is 0.0139. The highest BCUT2D eigenvalue weighted by Gasteiger charge is 2.34. The SMILES string of the molecule is CCC(C(=O)NCC(C)C)N(Cc1c(Cl)cccc1Cl)C(=O)CN(c1ccc(OC)c(OC)c1)S(=O)(=O)c1ccccc1. The lowest BCUT2D eigenvalue weighted by Gasteiger charge is -2.33. The Morgan fingerprint density at radius 1 is 0.907 bits per heavy atom. The number of nitrogens with one attached hydrogen (secondary N) is 1. The Balaban J connectivity index is 2.13. The van der Waals surface area contributed by atoms with Crippen LogP contribution in [0.1, 0.15) is 32.8 Å². The number of halogens is 2. The number of carbonyl (C=O) groups is 2. The van der Waals surface area contributed by atoms with E-state index in [1.54, 1.807) is 49.4 Å². The lowest BCUT2D eigenvalue weighted by Crippen LogP contribution is -2.52. The van der Waals surface area contributed by atoms with Crippen molar-refractivity contribution in [2.75, 3.05) is 31.6 Å². The van der Waals surface area contributed by atoms with Gasteiger partial charge in [-0.1, -0.05) is 68.2 Å². The number of nitrogens with zero attached hydrogens (tertiary/aromatic N) is 2. The fraction of sp³-hybridized carbons (Fsp3) is 0.355. The number of ether oxygens (including phenoxy) is 2. The number of hydrogen-bond acceptors (Lipinski definition) is 6. The van der Waals surface area contributed by atoms with Crippen LogP contribution >= 0.6 is 23.2 Å². The minimum Gasteiger partial charge on any atom is -0.493 e. The monoisotopic (exact) mass is 649 g/mol. The molecule has 1 unspecified atom stereocenters. The van der Waals surface area contributed by atoms with Crippen molar-refractivity contribution in [3.05, 3.63) is 82.3 Å². The van der Waals surface area contributed by atoms with Gasteiger partial charge >= 0.3 is 0 Å². The van der Waals surface area contributed by atoms with E-state index in [1.807, 2.05) is 13.8 Å². The number of rotatable bonds is 14. The van der Waals surface area contributed by atoms with E-state index in [0.29, 0.717) is 27.9 Å². The molecule has 0 bridgehead atoms. The van der Waals surface area contributed by atoms with E-state index in [4.69, 9.17) is 32.7 Å². The van der Waals surface area contributed by atoms with Gasteiger partial charge in [-0.2, -0.15) is 0 Å². The van der Waals surface area contributed by atoms with Crippen molar-refractivity contribution in [2.45, 2.75) is 44.7 Å². The molecule has 0 aliphatic carbocycles. The zero-order valence-corrected chi connectivity index (χ0v) is 27.2. The van der Waals surface area contributed by atoms with Crippen LogP contribution in [0.25, 0.3) is 0 Å². The largest absolute Gasteiger partial charge is 0.493 e. The summed E-state index contributed by atoms with van der Waals surface area (Å²) in [4.78, 5) is 28.9. The Morgan fingerprint density at radius 2 is 1.53 bits per heavy atom. The first-order valence-electron chi connectivity index (χ1n) is 13.7. The molecule has 3 aromatic rings. The first-order chi connectivity index (χ1) is 20.4. The maximum atomic E-state index is 14.3. The Hall–Kier alpha value is -3.47. The third-order valence-corrected chi connectivity index (χ3v) is 9.22. The molecule has 232 valence electrons. The van der Waals surface area contributed by atoms with Gasteiger partial charge in [0.25, 0.3) is 10.0 Å². The van der Waals surface area contributed by atoms with E-state index >= 15 is 0 Å². The van der Waals surface area contributed by atoms with Crippen molar-refractivity contribution in [1.82, 2.24) is 10.2 Å². The number of benzene rings is 3. The summed E-state index contributed by atoms with van der Waals surface area (Å²) in [5.74, 6) is -0.147. The van der Waals surface area contributed by atoms with Gasteiger partial charge in [0, 0.05) is 34.8 Å². The summed E-state index contributed by atoms with van der Waals surface area (Å²) in [7, 11) is -1.36. The molecule has 0 fully saturated rings. The van der Waals surface area contributed by atoms with E-state index in [0.717, 1.165) is 4.31 Å². The number of amides is 2. The molecule has 0 radical (unpaired) electrons. The highest BCUT2D eigenvalue weighted by molar-refractivity contribution is 7.92. The number of carbonyl (C=O) groups excluding carboxylic acids is 2. The summed E-state index contributed by atoms with van der Waals surface area (Å²) in [6, 6.07) is 16.4. The van der Waals surface area contributed by atoms with Crippen LogP contribution in [0, 0.1) is 5.92 Å². The first-order valence-corrected chi connectivity index (χ1v) is 15.9. The zero-order chi connectivity index (χ0) is 31.7. The predicted molar refractivity (Wildman–Crippen MR) is 169 cm³/mol.